The summed E-state index contributed by atoms with van der Waals surface area (Å²) in [7, 11) is 0. The van der Waals surface area contributed by atoms with E-state index in [2.05, 4.69) is 10.6 Å². The van der Waals surface area contributed by atoms with Crippen LogP contribution in [0.15, 0.2) is 0 Å². The molecule has 0 aromatic rings. The van der Waals surface area contributed by atoms with Crippen LogP contribution in [0, 0.1) is 0 Å². The maximum Gasteiger partial charge on any atom is 0.0693 e. The fourth-order valence-electron chi connectivity index (χ4n) is 3.91. The summed E-state index contributed by atoms with van der Waals surface area (Å²) in [6.07, 6.45) is 9.22. The van der Waals surface area contributed by atoms with Gasteiger partial charge in [0.05, 0.1) is 12.2 Å². The number of hydrogen-bond acceptors (Lipinski definition) is 4. The van der Waals surface area contributed by atoms with Gasteiger partial charge in [0, 0.05) is 24.2 Å². The van der Waals surface area contributed by atoms with Crippen molar-refractivity contribution in [3.05, 3.63) is 0 Å². The van der Waals surface area contributed by atoms with Crippen molar-refractivity contribution in [3.63, 3.8) is 0 Å². The monoisotopic (exact) mass is 326 g/mol. The fraction of sp³-hybridized carbons (Fsp3) is 1.00. The topological polar surface area (TPSA) is 64.5 Å². The maximum absolute atomic E-state index is 9.33. The second-order valence-electron chi connectivity index (χ2n) is 6.38. The Bertz CT molecular complexity index is 268. The van der Waals surface area contributed by atoms with Crippen LogP contribution in [0.2, 0.25) is 0 Å². The first-order valence-electron chi connectivity index (χ1n) is 7.60. The summed E-state index contributed by atoms with van der Waals surface area (Å²) < 4.78 is 0. The zero-order valence-corrected chi connectivity index (χ0v) is 13.5. The van der Waals surface area contributed by atoms with Crippen LogP contribution >= 0.6 is 24.8 Å². The maximum atomic E-state index is 9.33. The molecule has 4 aliphatic rings. The highest BCUT2D eigenvalue weighted by Crippen LogP contribution is 2.27. The molecule has 4 saturated heterocycles. The minimum atomic E-state index is -0.0521. The van der Waals surface area contributed by atoms with E-state index in [-0.39, 0.29) is 37.0 Å². The van der Waals surface area contributed by atoms with Crippen molar-refractivity contribution >= 4 is 24.8 Å². The third kappa shape index (κ3) is 4.21. The molecule has 4 fully saturated rings. The normalized spacial score (nSPS) is 44.7. The van der Waals surface area contributed by atoms with Crippen LogP contribution in [0.25, 0.3) is 0 Å². The number of hydrogen-bond donors (Lipinski definition) is 4. The van der Waals surface area contributed by atoms with Crippen LogP contribution in [-0.2, 0) is 0 Å². The van der Waals surface area contributed by atoms with Gasteiger partial charge in [-0.25, -0.2) is 0 Å². The van der Waals surface area contributed by atoms with E-state index in [0.29, 0.717) is 12.1 Å². The second kappa shape index (κ2) is 8.16. The Balaban J connectivity index is 0.000000182. The Morgan fingerprint density at radius 1 is 0.550 bits per heavy atom. The molecular formula is C14H28Cl2N2O2. The summed E-state index contributed by atoms with van der Waals surface area (Å²) >= 11 is 0. The first kappa shape index (κ1) is 18.5. The quantitative estimate of drug-likeness (QED) is 0.543. The van der Waals surface area contributed by atoms with Crippen molar-refractivity contribution in [2.45, 2.75) is 87.7 Å². The van der Waals surface area contributed by atoms with Gasteiger partial charge in [0.1, 0.15) is 0 Å². The molecule has 6 heteroatoms. The van der Waals surface area contributed by atoms with Crippen LogP contribution in [0.1, 0.15) is 51.4 Å². The number of nitrogens with one attached hydrogen (secondary N) is 2. The van der Waals surface area contributed by atoms with Gasteiger partial charge in [0.15, 0.2) is 0 Å². The highest BCUT2D eigenvalue weighted by molar-refractivity contribution is 5.85. The zero-order chi connectivity index (χ0) is 12.5. The molecule has 120 valence electrons. The van der Waals surface area contributed by atoms with E-state index in [1.807, 2.05) is 0 Å². The molecule has 4 N–H and O–H groups in total. The van der Waals surface area contributed by atoms with Crippen molar-refractivity contribution in [2.75, 3.05) is 0 Å². The van der Waals surface area contributed by atoms with Gasteiger partial charge >= 0.3 is 0 Å². The Kier molecular flexibility index (Phi) is 7.53. The Labute approximate surface area is 133 Å². The number of aliphatic hydroxyl groups excluding tert-OH is 2. The number of fused-ring (bicyclic) bond motifs is 4. The lowest BCUT2D eigenvalue weighted by Gasteiger charge is -2.25. The summed E-state index contributed by atoms with van der Waals surface area (Å²) in [4.78, 5) is 0. The highest BCUT2D eigenvalue weighted by atomic mass is 35.5. The predicted molar refractivity (Wildman–Crippen MR) is 84.9 cm³/mol. The lowest BCUT2D eigenvalue weighted by molar-refractivity contribution is 0.103. The molecule has 4 aliphatic heterocycles. The second-order valence-corrected chi connectivity index (χ2v) is 6.38. The van der Waals surface area contributed by atoms with E-state index in [0.717, 1.165) is 24.9 Å². The van der Waals surface area contributed by atoms with Crippen LogP contribution in [0.4, 0.5) is 0 Å². The van der Waals surface area contributed by atoms with E-state index < -0.39 is 0 Å². The zero-order valence-electron chi connectivity index (χ0n) is 11.8. The highest BCUT2D eigenvalue weighted by Gasteiger charge is 2.34. The summed E-state index contributed by atoms with van der Waals surface area (Å²) in [5, 5.41) is 25.4. The largest absolute Gasteiger partial charge is 0.392 e. The molecule has 0 spiro atoms. The number of halogens is 2. The van der Waals surface area contributed by atoms with Crippen LogP contribution in [0.5, 0.6) is 0 Å². The van der Waals surface area contributed by atoms with Crippen molar-refractivity contribution in [1.82, 2.24) is 10.6 Å². The predicted octanol–water partition coefficient (Wildman–Crippen LogP) is 1.37. The van der Waals surface area contributed by atoms with E-state index in [1.165, 1.54) is 38.5 Å². The van der Waals surface area contributed by atoms with E-state index in [1.54, 1.807) is 0 Å². The molecule has 0 aromatic carbocycles. The Hall–Kier alpha value is 0.420. The van der Waals surface area contributed by atoms with Gasteiger partial charge in [-0.2, -0.15) is 0 Å². The molecule has 0 radical (unpaired) electrons. The van der Waals surface area contributed by atoms with Crippen molar-refractivity contribution in [1.29, 1.82) is 0 Å². The molecule has 20 heavy (non-hydrogen) atoms. The van der Waals surface area contributed by atoms with Crippen molar-refractivity contribution < 1.29 is 10.2 Å². The molecule has 4 heterocycles. The number of piperidine rings is 2. The molecule has 0 unspecified atom stereocenters. The van der Waals surface area contributed by atoms with Gasteiger partial charge in [0.25, 0.3) is 0 Å². The molecule has 4 nitrogen and oxygen atoms in total. The lowest BCUT2D eigenvalue weighted by atomic mass is 10.0. The summed E-state index contributed by atoms with van der Waals surface area (Å²) in [5.41, 5.74) is 0. The standard InChI is InChI=1S/2C7H13NO.2ClH/c2*9-7-4-2-5-1-3-6(7)8-5;;/h2*5-9H,1-4H2;2*1H/t2*5-,6+,7+;;/m10../s1. The van der Waals surface area contributed by atoms with E-state index in [4.69, 9.17) is 0 Å². The molecule has 0 aliphatic carbocycles. The van der Waals surface area contributed by atoms with Gasteiger partial charge in [-0.05, 0) is 51.4 Å². The van der Waals surface area contributed by atoms with Crippen molar-refractivity contribution in [2.24, 2.45) is 0 Å². The fourth-order valence-corrected chi connectivity index (χ4v) is 3.91. The molecular weight excluding hydrogens is 299 g/mol. The van der Waals surface area contributed by atoms with Crippen LogP contribution in [-0.4, -0.2) is 46.6 Å². The average Bonchev–Trinajstić information content (AvgIpc) is 2.97. The molecule has 4 bridgehead atoms. The van der Waals surface area contributed by atoms with Crippen LogP contribution < -0.4 is 10.6 Å². The van der Waals surface area contributed by atoms with E-state index >= 15 is 0 Å². The van der Waals surface area contributed by atoms with E-state index in [9.17, 15) is 10.2 Å². The molecule has 0 amide bonds. The van der Waals surface area contributed by atoms with Gasteiger partial charge in [-0.15, -0.1) is 24.8 Å². The average molecular weight is 327 g/mol. The molecule has 0 saturated carbocycles. The smallest absolute Gasteiger partial charge is 0.0693 e. The third-order valence-corrected chi connectivity index (χ3v) is 5.10. The van der Waals surface area contributed by atoms with Gasteiger partial charge < -0.3 is 20.8 Å². The summed E-state index contributed by atoms with van der Waals surface area (Å²) in [5.74, 6) is 0. The van der Waals surface area contributed by atoms with Crippen LogP contribution in [0.3, 0.4) is 0 Å². The molecule has 0 aromatic heterocycles. The number of rotatable bonds is 0. The van der Waals surface area contributed by atoms with Gasteiger partial charge in [-0.1, -0.05) is 0 Å². The van der Waals surface area contributed by atoms with Gasteiger partial charge in [0.2, 0.25) is 0 Å². The van der Waals surface area contributed by atoms with Gasteiger partial charge in [-0.3, -0.25) is 0 Å². The Morgan fingerprint density at radius 2 is 0.900 bits per heavy atom. The minimum Gasteiger partial charge on any atom is -0.392 e. The molecule has 6 atom stereocenters. The minimum absolute atomic E-state index is 0. The summed E-state index contributed by atoms with van der Waals surface area (Å²) in [6, 6.07) is 2.34. The summed E-state index contributed by atoms with van der Waals surface area (Å²) in [6.45, 7) is 0. The first-order chi connectivity index (χ1) is 8.72. The molecule has 4 rings (SSSR count). The number of aliphatic hydroxyl groups is 2. The first-order valence-corrected chi connectivity index (χ1v) is 7.60. The third-order valence-electron chi connectivity index (χ3n) is 5.10. The lowest BCUT2D eigenvalue weighted by Crippen LogP contribution is -2.43. The Morgan fingerprint density at radius 3 is 1.25 bits per heavy atom. The SMILES string of the molecule is Cl.Cl.O[C@@H]1CC[C@@H]2CC[C@H]1N2.O[C@H]1CC[C@H]2CC[C@@H]1N2. The van der Waals surface area contributed by atoms with Crippen molar-refractivity contribution in [3.8, 4) is 0 Å².